The fraction of sp³-hybridized carbons (Fsp3) is 0.154. The number of hydrogen-bond acceptors (Lipinski definition) is 4. The summed E-state index contributed by atoms with van der Waals surface area (Å²) in [7, 11) is 1.58. The second-order valence-electron chi connectivity index (χ2n) is 3.63. The molecule has 0 unspecified atom stereocenters. The lowest BCUT2D eigenvalue weighted by atomic mass is 10.2. The molecule has 2 aromatic rings. The number of benzene rings is 1. The molecule has 0 aliphatic heterocycles. The molecule has 0 amide bonds. The van der Waals surface area contributed by atoms with Crippen molar-refractivity contribution in [3.63, 3.8) is 0 Å². The lowest BCUT2D eigenvalue weighted by molar-refractivity contribution is 0.0661. The summed E-state index contributed by atoms with van der Waals surface area (Å²) in [6.07, 6.45) is 1.36. The van der Waals surface area contributed by atoms with Crippen LogP contribution in [0, 0.1) is 0 Å². The molecule has 0 fully saturated rings. The van der Waals surface area contributed by atoms with E-state index in [0.717, 1.165) is 5.69 Å². The summed E-state index contributed by atoms with van der Waals surface area (Å²) in [5.74, 6) is -0.410. The Bertz CT molecular complexity index is 547. The quantitative estimate of drug-likeness (QED) is 0.849. The van der Waals surface area contributed by atoms with Gasteiger partial charge in [0, 0.05) is 12.1 Å². The predicted molar refractivity (Wildman–Crippen MR) is 66.0 cm³/mol. The molecule has 0 spiro atoms. The van der Waals surface area contributed by atoms with Crippen molar-refractivity contribution >= 4 is 11.7 Å². The molecule has 0 aliphatic rings. The molecular weight excluding hydrogens is 234 g/mol. The van der Waals surface area contributed by atoms with Crippen molar-refractivity contribution in [3.8, 4) is 5.75 Å². The Labute approximate surface area is 104 Å². The first-order valence-electron chi connectivity index (χ1n) is 5.39. The number of ether oxygens (including phenoxy) is 1. The molecule has 1 heterocycles. The minimum absolute atomic E-state index is 0.0441. The van der Waals surface area contributed by atoms with Gasteiger partial charge < -0.3 is 19.6 Å². The summed E-state index contributed by atoms with van der Waals surface area (Å²) in [4.78, 5) is 10.9. The van der Waals surface area contributed by atoms with E-state index in [1.54, 1.807) is 13.2 Å². The van der Waals surface area contributed by atoms with Crippen molar-refractivity contribution in [1.29, 1.82) is 0 Å². The van der Waals surface area contributed by atoms with E-state index < -0.39 is 5.97 Å². The van der Waals surface area contributed by atoms with Crippen LogP contribution in [0.1, 0.15) is 16.1 Å². The number of carbonyl (C=O) groups is 1. The molecule has 1 aromatic carbocycles. The average molecular weight is 247 g/mol. The predicted octanol–water partition coefficient (Wildman–Crippen LogP) is 2.60. The SMILES string of the molecule is COc1ccccc1NCc1ccoc1C(=O)O. The summed E-state index contributed by atoms with van der Waals surface area (Å²) in [5.41, 5.74) is 1.39. The van der Waals surface area contributed by atoms with Gasteiger partial charge in [-0.25, -0.2) is 4.79 Å². The monoisotopic (exact) mass is 247 g/mol. The maximum atomic E-state index is 10.9. The van der Waals surface area contributed by atoms with Crippen molar-refractivity contribution in [1.82, 2.24) is 0 Å². The molecule has 5 nitrogen and oxygen atoms in total. The standard InChI is InChI=1S/C13H13NO4/c1-17-11-5-3-2-4-10(11)14-8-9-6-7-18-12(9)13(15)16/h2-7,14H,8H2,1H3,(H,15,16). The molecule has 18 heavy (non-hydrogen) atoms. The topological polar surface area (TPSA) is 71.7 Å². The first kappa shape index (κ1) is 12.0. The maximum absolute atomic E-state index is 10.9. The van der Waals surface area contributed by atoms with Gasteiger partial charge in [0.15, 0.2) is 0 Å². The van der Waals surface area contributed by atoms with Crippen molar-refractivity contribution in [2.75, 3.05) is 12.4 Å². The molecule has 94 valence electrons. The van der Waals surface area contributed by atoms with Crippen LogP contribution < -0.4 is 10.1 Å². The van der Waals surface area contributed by atoms with Crippen LogP contribution in [0.15, 0.2) is 41.0 Å². The summed E-state index contributed by atoms with van der Waals surface area (Å²) in [5, 5.41) is 12.0. The lowest BCUT2D eigenvalue weighted by Gasteiger charge is -2.10. The van der Waals surface area contributed by atoms with E-state index in [4.69, 9.17) is 14.3 Å². The van der Waals surface area contributed by atoms with E-state index in [1.807, 2.05) is 24.3 Å². The third kappa shape index (κ3) is 2.45. The highest BCUT2D eigenvalue weighted by atomic mass is 16.5. The van der Waals surface area contributed by atoms with E-state index in [9.17, 15) is 4.79 Å². The number of para-hydroxylation sites is 2. The normalized spacial score (nSPS) is 10.1. The number of furan rings is 1. The fourth-order valence-electron chi connectivity index (χ4n) is 1.64. The number of aromatic carboxylic acids is 1. The Morgan fingerprint density at radius 2 is 2.17 bits per heavy atom. The number of carboxylic acids is 1. The number of rotatable bonds is 5. The Morgan fingerprint density at radius 3 is 2.89 bits per heavy atom. The van der Waals surface area contributed by atoms with Gasteiger partial charge in [0.2, 0.25) is 5.76 Å². The molecule has 1 aromatic heterocycles. The van der Waals surface area contributed by atoms with Gasteiger partial charge >= 0.3 is 5.97 Å². The van der Waals surface area contributed by atoms with Crippen LogP contribution in [0.5, 0.6) is 5.75 Å². The van der Waals surface area contributed by atoms with Gasteiger partial charge in [0.05, 0.1) is 19.1 Å². The maximum Gasteiger partial charge on any atom is 0.372 e. The number of nitrogens with one attached hydrogen (secondary N) is 1. The highest BCUT2D eigenvalue weighted by molar-refractivity contribution is 5.86. The molecular formula is C13H13NO4. The molecule has 0 radical (unpaired) electrons. The summed E-state index contributed by atoms with van der Waals surface area (Å²) in [6.45, 7) is 0.360. The van der Waals surface area contributed by atoms with Gasteiger partial charge in [-0.05, 0) is 18.2 Å². The first-order chi connectivity index (χ1) is 8.72. The molecule has 0 atom stereocenters. The van der Waals surface area contributed by atoms with Crippen molar-refractivity contribution in [2.24, 2.45) is 0 Å². The van der Waals surface area contributed by atoms with Crippen LogP contribution in [0.25, 0.3) is 0 Å². The van der Waals surface area contributed by atoms with Crippen LogP contribution >= 0.6 is 0 Å². The zero-order valence-electron chi connectivity index (χ0n) is 9.84. The van der Waals surface area contributed by atoms with Gasteiger partial charge in [-0.1, -0.05) is 12.1 Å². The fourth-order valence-corrected chi connectivity index (χ4v) is 1.64. The number of methoxy groups -OCH3 is 1. The van der Waals surface area contributed by atoms with Gasteiger partial charge in [0.1, 0.15) is 5.75 Å². The zero-order chi connectivity index (χ0) is 13.0. The van der Waals surface area contributed by atoms with E-state index in [1.165, 1.54) is 6.26 Å². The van der Waals surface area contributed by atoms with Crippen LogP contribution in [-0.2, 0) is 6.54 Å². The third-order valence-electron chi connectivity index (χ3n) is 2.52. The van der Waals surface area contributed by atoms with Gasteiger partial charge in [-0.3, -0.25) is 0 Å². The summed E-state index contributed by atoms with van der Waals surface area (Å²) in [6, 6.07) is 9.06. The van der Waals surface area contributed by atoms with E-state index >= 15 is 0 Å². The van der Waals surface area contributed by atoms with E-state index in [0.29, 0.717) is 17.9 Å². The molecule has 5 heteroatoms. The third-order valence-corrected chi connectivity index (χ3v) is 2.52. The second-order valence-corrected chi connectivity index (χ2v) is 3.63. The Morgan fingerprint density at radius 1 is 1.39 bits per heavy atom. The van der Waals surface area contributed by atoms with Crippen LogP contribution in [0.4, 0.5) is 5.69 Å². The molecule has 2 rings (SSSR count). The number of hydrogen-bond donors (Lipinski definition) is 2. The van der Waals surface area contributed by atoms with Crippen LogP contribution in [0.3, 0.4) is 0 Å². The minimum Gasteiger partial charge on any atom is -0.495 e. The Balaban J connectivity index is 2.11. The summed E-state index contributed by atoms with van der Waals surface area (Å²) >= 11 is 0. The van der Waals surface area contributed by atoms with Gasteiger partial charge in [0.25, 0.3) is 0 Å². The average Bonchev–Trinajstić information content (AvgIpc) is 2.85. The first-order valence-corrected chi connectivity index (χ1v) is 5.39. The summed E-state index contributed by atoms with van der Waals surface area (Å²) < 4.78 is 10.1. The van der Waals surface area contributed by atoms with Gasteiger partial charge in [-0.2, -0.15) is 0 Å². The smallest absolute Gasteiger partial charge is 0.372 e. The lowest BCUT2D eigenvalue weighted by Crippen LogP contribution is -2.05. The van der Waals surface area contributed by atoms with Crippen molar-refractivity contribution in [2.45, 2.75) is 6.54 Å². The van der Waals surface area contributed by atoms with Crippen molar-refractivity contribution < 1.29 is 19.1 Å². The van der Waals surface area contributed by atoms with Crippen LogP contribution in [-0.4, -0.2) is 18.2 Å². The zero-order valence-corrected chi connectivity index (χ0v) is 9.84. The molecule has 0 saturated heterocycles. The Hall–Kier alpha value is -2.43. The van der Waals surface area contributed by atoms with E-state index in [2.05, 4.69) is 5.32 Å². The Kier molecular flexibility index (Phi) is 3.52. The highest BCUT2D eigenvalue weighted by Crippen LogP contribution is 2.24. The van der Waals surface area contributed by atoms with Crippen molar-refractivity contribution in [3.05, 3.63) is 47.9 Å². The largest absolute Gasteiger partial charge is 0.495 e. The molecule has 0 saturated carbocycles. The number of carboxylic acid groups (broad SMARTS) is 1. The number of anilines is 1. The molecule has 0 bridgehead atoms. The van der Waals surface area contributed by atoms with E-state index in [-0.39, 0.29) is 5.76 Å². The highest BCUT2D eigenvalue weighted by Gasteiger charge is 2.13. The molecule has 0 aliphatic carbocycles. The van der Waals surface area contributed by atoms with Crippen LogP contribution in [0.2, 0.25) is 0 Å². The molecule has 2 N–H and O–H groups in total. The van der Waals surface area contributed by atoms with Gasteiger partial charge in [-0.15, -0.1) is 0 Å². The second kappa shape index (κ2) is 5.27. The minimum atomic E-state index is -1.07.